The highest BCUT2D eigenvalue weighted by Crippen LogP contribution is 2.19. The molecule has 0 spiro atoms. The monoisotopic (exact) mass is 257 g/mol. The van der Waals surface area contributed by atoms with Crippen LogP contribution in [0, 0.1) is 0 Å². The van der Waals surface area contributed by atoms with Gasteiger partial charge in [0.2, 0.25) is 0 Å². The molecule has 2 nitrogen and oxygen atoms in total. The Balaban J connectivity index is 1.97. The molecule has 1 unspecified atom stereocenters. The number of carbonyl (C=O) groups excluding carboxylic acids is 1. The predicted octanol–water partition coefficient (Wildman–Crippen LogP) is 3.41. The first-order valence-corrected chi connectivity index (χ1v) is 7.30. The van der Waals surface area contributed by atoms with E-state index in [1.54, 1.807) is 0 Å². The number of nitrogens with two attached hydrogens (primary N) is 1. The molecule has 2 rings (SSSR count). The minimum absolute atomic E-state index is 0.144. The normalized spacial score (nSPS) is 20.8. The molecule has 2 heteroatoms. The summed E-state index contributed by atoms with van der Waals surface area (Å²) in [6.07, 6.45) is 9.52. The third-order valence-electron chi connectivity index (χ3n) is 3.74. The average molecular weight is 257 g/mol. The Bertz CT molecular complexity index is 436. The van der Waals surface area contributed by atoms with E-state index in [1.807, 2.05) is 30.3 Å². The molecule has 0 radical (unpaired) electrons. The summed E-state index contributed by atoms with van der Waals surface area (Å²) in [4.78, 5) is 12.4. The number of benzene rings is 1. The first kappa shape index (κ1) is 14.0. The SMILES string of the molecule is NC(Cc1ccccc1)C(=O)/C1=C/CCCCCC1. The van der Waals surface area contributed by atoms with Gasteiger partial charge in [-0.25, -0.2) is 0 Å². The van der Waals surface area contributed by atoms with Gasteiger partial charge in [0.05, 0.1) is 6.04 Å². The zero-order chi connectivity index (χ0) is 13.5. The van der Waals surface area contributed by atoms with Crippen molar-refractivity contribution in [1.82, 2.24) is 0 Å². The number of rotatable bonds is 4. The van der Waals surface area contributed by atoms with Crippen LogP contribution in [0.25, 0.3) is 0 Å². The highest BCUT2D eigenvalue weighted by molar-refractivity contribution is 5.99. The fourth-order valence-electron chi connectivity index (χ4n) is 2.61. The molecular weight excluding hydrogens is 234 g/mol. The molecule has 102 valence electrons. The van der Waals surface area contributed by atoms with Gasteiger partial charge in [-0.1, -0.05) is 49.2 Å². The van der Waals surface area contributed by atoms with Crippen LogP contribution in [0.1, 0.15) is 44.1 Å². The Morgan fingerprint density at radius 1 is 1.11 bits per heavy atom. The van der Waals surface area contributed by atoms with Crippen molar-refractivity contribution in [3.63, 3.8) is 0 Å². The molecule has 1 aromatic rings. The molecule has 1 aliphatic rings. The van der Waals surface area contributed by atoms with Crippen molar-refractivity contribution in [3.8, 4) is 0 Å². The van der Waals surface area contributed by atoms with E-state index < -0.39 is 6.04 Å². The molecule has 0 aromatic heterocycles. The molecule has 0 amide bonds. The first-order valence-electron chi connectivity index (χ1n) is 7.30. The van der Waals surface area contributed by atoms with Gasteiger partial charge in [0.25, 0.3) is 0 Å². The number of hydrogen-bond acceptors (Lipinski definition) is 2. The van der Waals surface area contributed by atoms with Gasteiger partial charge in [0.1, 0.15) is 0 Å². The van der Waals surface area contributed by atoms with Crippen molar-refractivity contribution in [1.29, 1.82) is 0 Å². The van der Waals surface area contributed by atoms with Crippen molar-refractivity contribution in [2.45, 2.75) is 51.0 Å². The van der Waals surface area contributed by atoms with Crippen molar-refractivity contribution in [3.05, 3.63) is 47.5 Å². The lowest BCUT2D eigenvalue weighted by molar-refractivity contribution is -0.116. The molecule has 0 fully saturated rings. The highest BCUT2D eigenvalue weighted by Gasteiger charge is 2.18. The quantitative estimate of drug-likeness (QED) is 0.898. The third kappa shape index (κ3) is 4.32. The maximum Gasteiger partial charge on any atom is 0.175 e. The van der Waals surface area contributed by atoms with E-state index in [0.717, 1.165) is 30.4 Å². The van der Waals surface area contributed by atoms with Gasteiger partial charge in [-0.15, -0.1) is 0 Å². The molecule has 1 aromatic carbocycles. The zero-order valence-corrected chi connectivity index (χ0v) is 11.5. The second-order valence-electron chi connectivity index (χ2n) is 5.34. The summed E-state index contributed by atoms with van der Waals surface area (Å²) in [6, 6.07) is 9.62. The molecule has 0 saturated heterocycles. The molecule has 0 aliphatic heterocycles. The lowest BCUT2D eigenvalue weighted by Gasteiger charge is -2.15. The van der Waals surface area contributed by atoms with E-state index in [1.165, 1.54) is 19.3 Å². The van der Waals surface area contributed by atoms with Crippen LogP contribution in [0.2, 0.25) is 0 Å². The van der Waals surface area contributed by atoms with E-state index >= 15 is 0 Å². The van der Waals surface area contributed by atoms with Crippen LogP contribution in [0.5, 0.6) is 0 Å². The number of carbonyl (C=O) groups is 1. The van der Waals surface area contributed by atoms with Crippen molar-refractivity contribution in [2.24, 2.45) is 5.73 Å². The van der Waals surface area contributed by atoms with Gasteiger partial charge in [-0.05, 0) is 43.2 Å². The molecule has 2 N–H and O–H groups in total. The van der Waals surface area contributed by atoms with E-state index in [-0.39, 0.29) is 5.78 Å². The number of Topliss-reactive ketones (excluding diaryl/α,β-unsaturated/α-hetero) is 1. The Labute approximate surface area is 115 Å². The van der Waals surface area contributed by atoms with Gasteiger partial charge in [0.15, 0.2) is 5.78 Å². The number of ketones is 1. The summed E-state index contributed by atoms with van der Waals surface area (Å²) < 4.78 is 0. The Morgan fingerprint density at radius 3 is 2.63 bits per heavy atom. The summed E-state index contributed by atoms with van der Waals surface area (Å²) in [5.41, 5.74) is 8.18. The van der Waals surface area contributed by atoms with E-state index in [2.05, 4.69) is 6.08 Å². The third-order valence-corrected chi connectivity index (χ3v) is 3.74. The molecule has 0 saturated carbocycles. The summed E-state index contributed by atoms with van der Waals surface area (Å²) in [7, 11) is 0. The summed E-state index contributed by atoms with van der Waals surface area (Å²) in [5.74, 6) is 0.144. The van der Waals surface area contributed by atoms with Crippen molar-refractivity contribution < 1.29 is 4.79 Å². The lowest BCUT2D eigenvalue weighted by atomic mass is 9.92. The Morgan fingerprint density at radius 2 is 1.84 bits per heavy atom. The van der Waals surface area contributed by atoms with Crippen LogP contribution < -0.4 is 5.73 Å². The van der Waals surface area contributed by atoms with Crippen LogP contribution in [-0.2, 0) is 11.2 Å². The topological polar surface area (TPSA) is 43.1 Å². The summed E-state index contributed by atoms with van der Waals surface area (Å²) >= 11 is 0. The average Bonchev–Trinajstić information content (AvgIpc) is 2.39. The maximum absolute atomic E-state index is 12.4. The molecule has 1 atom stereocenters. The predicted molar refractivity (Wildman–Crippen MR) is 78.9 cm³/mol. The van der Waals surface area contributed by atoms with Crippen LogP contribution >= 0.6 is 0 Å². The Hall–Kier alpha value is -1.41. The second-order valence-corrected chi connectivity index (χ2v) is 5.34. The van der Waals surface area contributed by atoms with E-state index in [0.29, 0.717) is 6.42 Å². The second kappa shape index (κ2) is 7.25. The van der Waals surface area contributed by atoms with Crippen LogP contribution in [0.15, 0.2) is 42.0 Å². The largest absolute Gasteiger partial charge is 0.321 e. The maximum atomic E-state index is 12.4. The first-order chi connectivity index (χ1) is 9.27. The van der Waals surface area contributed by atoms with E-state index in [9.17, 15) is 4.79 Å². The standard InChI is InChI=1S/C17H23NO/c18-16(13-14-9-5-4-6-10-14)17(19)15-11-7-2-1-3-8-12-15/h4-6,9-11,16H,1-3,7-8,12-13,18H2/b15-11+. The Kier molecular flexibility index (Phi) is 5.34. The molecular formula is C17H23NO. The fraction of sp³-hybridized carbons (Fsp3) is 0.471. The smallest absolute Gasteiger partial charge is 0.175 e. The minimum atomic E-state index is -0.395. The van der Waals surface area contributed by atoms with E-state index in [4.69, 9.17) is 5.73 Å². The van der Waals surface area contributed by atoms with Gasteiger partial charge >= 0.3 is 0 Å². The summed E-state index contributed by atoms with van der Waals surface area (Å²) in [6.45, 7) is 0. The van der Waals surface area contributed by atoms with Crippen LogP contribution in [-0.4, -0.2) is 11.8 Å². The van der Waals surface area contributed by atoms with Crippen molar-refractivity contribution in [2.75, 3.05) is 0 Å². The lowest BCUT2D eigenvalue weighted by Crippen LogP contribution is -2.34. The summed E-state index contributed by atoms with van der Waals surface area (Å²) in [5, 5.41) is 0. The van der Waals surface area contributed by atoms with Crippen LogP contribution in [0.4, 0.5) is 0 Å². The van der Waals surface area contributed by atoms with Gasteiger partial charge < -0.3 is 5.73 Å². The zero-order valence-electron chi connectivity index (χ0n) is 11.5. The molecule has 0 heterocycles. The fourth-order valence-corrected chi connectivity index (χ4v) is 2.61. The van der Waals surface area contributed by atoms with Gasteiger partial charge in [-0.3, -0.25) is 4.79 Å². The van der Waals surface area contributed by atoms with Crippen LogP contribution in [0.3, 0.4) is 0 Å². The molecule has 19 heavy (non-hydrogen) atoms. The minimum Gasteiger partial charge on any atom is -0.321 e. The molecule has 0 bridgehead atoms. The van der Waals surface area contributed by atoms with Crippen molar-refractivity contribution >= 4 is 5.78 Å². The number of hydrogen-bond donors (Lipinski definition) is 1. The van der Waals surface area contributed by atoms with Gasteiger partial charge in [0, 0.05) is 0 Å². The molecule has 1 aliphatic carbocycles. The number of allylic oxidation sites excluding steroid dienone is 1. The highest BCUT2D eigenvalue weighted by atomic mass is 16.1. The van der Waals surface area contributed by atoms with Gasteiger partial charge in [-0.2, -0.15) is 0 Å².